The highest BCUT2D eigenvalue weighted by molar-refractivity contribution is 7.89. The van der Waals surface area contributed by atoms with E-state index < -0.39 is 22.0 Å². The summed E-state index contributed by atoms with van der Waals surface area (Å²) in [5.41, 5.74) is 1.03. The van der Waals surface area contributed by atoms with E-state index >= 15 is 0 Å². The normalized spacial score (nSPS) is 13.4. The fourth-order valence-electron chi connectivity index (χ4n) is 3.91. The van der Waals surface area contributed by atoms with Crippen molar-refractivity contribution in [2.45, 2.75) is 50.6 Å². The average Bonchev–Trinajstić information content (AvgIpc) is 2.88. The lowest BCUT2D eigenvalue weighted by atomic mass is 10.1. The third-order valence-corrected chi connectivity index (χ3v) is 8.24. The highest BCUT2D eigenvalue weighted by Gasteiger charge is 2.30. The summed E-state index contributed by atoms with van der Waals surface area (Å²) >= 11 is 0. The van der Waals surface area contributed by atoms with Crippen LogP contribution < -0.4 is 5.32 Å². The van der Waals surface area contributed by atoms with Crippen molar-refractivity contribution in [1.82, 2.24) is 14.5 Å². The zero-order valence-electron chi connectivity index (χ0n) is 21.3. The van der Waals surface area contributed by atoms with Gasteiger partial charge in [0.1, 0.15) is 6.04 Å². The predicted octanol–water partition coefficient (Wildman–Crippen LogP) is 3.83. The largest absolute Gasteiger partial charge is 0.352 e. The molecule has 0 aliphatic carbocycles. The first-order valence-corrected chi connectivity index (χ1v) is 13.7. The van der Waals surface area contributed by atoms with Crippen LogP contribution in [0.1, 0.15) is 32.8 Å². The summed E-state index contributed by atoms with van der Waals surface area (Å²) in [5.74, 6) is -0.685. The molecule has 3 aromatic carbocycles. The van der Waals surface area contributed by atoms with E-state index in [1.807, 2.05) is 68.4 Å². The minimum atomic E-state index is -3.91. The van der Waals surface area contributed by atoms with Crippen LogP contribution in [0.25, 0.3) is 10.8 Å². The topological polar surface area (TPSA) is 86.8 Å². The van der Waals surface area contributed by atoms with Gasteiger partial charge in [-0.15, -0.1) is 0 Å². The van der Waals surface area contributed by atoms with Crippen LogP contribution in [-0.2, 0) is 26.0 Å². The van der Waals surface area contributed by atoms with Gasteiger partial charge < -0.3 is 10.2 Å². The number of rotatable bonds is 11. The molecule has 0 radical (unpaired) electrons. The number of hydrogen-bond acceptors (Lipinski definition) is 4. The number of likely N-dealkylation sites (N-methyl/N-ethyl adjacent to an activating group) is 1. The average molecular weight is 510 g/mol. The molecule has 3 aromatic rings. The zero-order chi connectivity index (χ0) is 26.3. The molecular formula is C28H35N3O4S. The van der Waals surface area contributed by atoms with Crippen molar-refractivity contribution >= 4 is 32.6 Å². The Morgan fingerprint density at radius 3 is 2.22 bits per heavy atom. The Hall–Kier alpha value is -3.23. The molecule has 0 bridgehead atoms. The third-order valence-electron chi connectivity index (χ3n) is 6.44. The van der Waals surface area contributed by atoms with Gasteiger partial charge >= 0.3 is 0 Å². The lowest BCUT2D eigenvalue weighted by Gasteiger charge is -2.31. The molecule has 0 aromatic heterocycles. The summed E-state index contributed by atoms with van der Waals surface area (Å²) in [5, 5.41) is 4.66. The van der Waals surface area contributed by atoms with Crippen molar-refractivity contribution in [1.29, 1.82) is 0 Å². The quantitative estimate of drug-likeness (QED) is 0.426. The molecule has 7 nitrogen and oxygen atoms in total. The lowest BCUT2D eigenvalue weighted by Crippen LogP contribution is -2.52. The van der Waals surface area contributed by atoms with Crippen LogP contribution in [0.2, 0.25) is 0 Å². The molecule has 0 aliphatic rings. The smallest absolute Gasteiger partial charge is 0.243 e. The Kier molecular flexibility index (Phi) is 9.23. The van der Waals surface area contributed by atoms with E-state index in [2.05, 4.69) is 5.32 Å². The number of hydrogen-bond donors (Lipinski definition) is 1. The number of sulfonamides is 1. The van der Waals surface area contributed by atoms with Crippen molar-refractivity contribution < 1.29 is 18.0 Å². The van der Waals surface area contributed by atoms with Crippen molar-refractivity contribution in [2.24, 2.45) is 0 Å². The number of fused-ring (bicyclic) bond motifs is 1. The van der Waals surface area contributed by atoms with Gasteiger partial charge in [0.2, 0.25) is 21.8 Å². The molecule has 3 rings (SSSR count). The van der Waals surface area contributed by atoms with Crippen molar-refractivity contribution in [2.75, 3.05) is 20.1 Å². The predicted molar refractivity (Wildman–Crippen MR) is 143 cm³/mol. The molecule has 8 heteroatoms. The standard InChI is InChI=1S/C28H35N3O4S/c1-5-21(2)29-28(33)22(3)31(18-17-23-11-7-6-8-12-23)27(32)20-30(4)36(34,35)26-16-15-24-13-9-10-14-25(24)19-26/h6-16,19,21-22H,5,17-18,20H2,1-4H3,(H,29,33)/t21-,22+/m0/s1. The van der Waals surface area contributed by atoms with Crippen LogP contribution in [0.4, 0.5) is 0 Å². The molecule has 0 fully saturated rings. The van der Waals surface area contributed by atoms with E-state index in [0.717, 1.165) is 27.1 Å². The van der Waals surface area contributed by atoms with E-state index in [4.69, 9.17) is 0 Å². The Bertz CT molecular complexity index is 1290. The monoisotopic (exact) mass is 509 g/mol. The first kappa shape index (κ1) is 27.4. The molecule has 2 atom stereocenters. The summed E-state index contributed by atoms with van der Waals surface area (Å²) in [6.07, 6.45) is 1.32. The lowest BCUT2D eigenvalue weighted by molar-refractivity contribution is -0.140. The molecule has 2 amide bonds. The second kappa shape index (κ2) is 12.1. The molecule has 0 saturated heterocycles. The molecule has 0 saturated carbocycles. The second-order valence-corrected chi connectivity index (χ2v) is 11.1. The zero-order valence-corrected chi connectivity index (χ0v) is 22.2. The van der Waals surface area contributed by atoms with Crippen LogP contribution in [0.5, 0.6) is 0 Å². The maximum Gasteiger partial charge on any atom is 0.243 e. The Balaban J connectivity index is 1.79. The van der Waals surface area contributed by atoms with Crippen LogP contribution >= 0.6 is 0 Å². The molecule has 36 heavy (non-hydrogen) atoms. The Labute approximate surface area is 214 Å². The number of nitrogens with one attached hydrogen (secondary N) is 1. The molecular weight excluding hydrogens is 474 g/mol. The maximum absolute atomic E-state index is 13.4. The van der Waals surface area contributed by atoms with Gasteiger partial charge in [0, 0.05) is 19.6 Å². The summed E-state index contributed by atoms with van der Waals surface area (Å²) in [6.45, 7) is 5.48. The Morgan fingerprint density at radius 2 is 1.56 bits per heavy atom. The molecule has 1 N–H and O–H groups in total. The van der Waals surface area contributed by atoms with Gasteiger partial charge in [-0.25, -0.2) is 8.42 Å². The van der Waals surface area contributed by atoms with E-state index in [1.54, 1.807) is 25.1 Å². The minimum absolute atomic E-state index is 0.0259. The van der Waals surface area contributed by atoms with Gasteiger partial charge in [0.15, 0.2) is 0 Å². The van der Waals surface area contributed by atoms with Crippen LogP contribution in [0, 0.1) is 0 Å². The summed E-state index contributed by atoms with van der Waals surface area (Å²) in [7, 11) is -2.52. The second-order valence-electron chi connectivity index (χ2n) is 9.09. The number of nitrogens with zero attached hydrogens (tertiary/aromatic N) is 2. The van der Waals surface area contributed by atoms with E-state index in [0.29, 0.717) is 13.0 Å². The third kappa shape index (κ3) is 6.71. The fourth-order valence-corrected chi connectivity index (χ4v) is 5.07. The molecule has 0 spiro atoms. The number of benzene rings is 3. The SMILES string of the molecule is CC[C@H](C)NC(=O)[C@@H](C)N(CCc1ccccc1)C(=O)CN(C)S(=O)(=O)c1ccc2ccccc2c1. The molecule has 0 aliphatic heterocycles. The van der Waals surface area contributed by atoms with E-state index in [1.165, 1.54) is 11.9 Å². The number of amides is 2. The summed E-state index contributed by atoms with van der Waals surface area (Å²) < 4.78 is 27.6. The van der Waals surface area contributed by atoms with Gasteiger partial charge in [-0.3, -0.25) is 9.59 Å². The molecule has 0 heterocycles. The van der Waals surface area contributed by atoms with Gasteiger partial charge in [-0.2, -0.15) is 4.31 Å². The molecule has 0 unspecified atom stereocenters. The van der Waals surface area contributed by atoms with Crippen LogP contribution in [-0.4, -0.2) is 61.7 Å². The fraction of sp³-hybridized carbons (Fsp3) is 0.357. The van der Waals surface area contributed by atoms with Crippen molar-refractivity contribution in [3.05, 3.63) is 78.4 Å². The maximum atomic E-state index is 13.4. The first-order chi connectivity index (χ1) is 17.1. The van der Waals surface area contributed by atoms with Crippen molar-refractivity contribution in [3.8, 4) is 0 Å². The number of carbonyl (C=O) groups excluding carboxylic acids is 2. The number of carbonyl (C=O) groups is 2. The van der Waals surface area contributed by atoms with Gasteiger partial charge in [0.05, 0.1) is 11.4 Å². The first-order valence-electron chi connectivity index (χ1n) is 12.2. The minimum Gasteiger partial charge on any atom is -0.352 e. The Morgan fingerprint density at radius 1 is 0.917 bits per heavy atom. The highest BCUT2D eigenvalue weighted by Crippen LogP contribution is 2.21. The van der Waals surface area contributed by atoms with Gasteiger partial charge in [-0.1, -0.05) is 67.6 Å². The molecule has 192 valence electrons. The van der Waals surface area contributed by atoms with Crippen LogP contribution in [0.3, 0.4) is 0 Å². The van der Waals surface area contributed by atoms with E-state index in [9.17, 15) is 18.0 Å². The summed E-state index contributed by atoms with van der Waals surface area (Å²) in [4.78, 5) is 27.9. The van der Waals surface area contributed by atoms with E-state index in [-0.39, 0.29) is 23.4 Å². The summed E-state index contributed by atoms with van der Waals surface area (Å²) in [6, 6.07) is 21.3. The van der Waals surface area contributed by atoms with Gasteiger partial charge in [0.25, 0.3) is 0 Å². The highest BCUT2D eigenvalue weighted by atomic mass is 32.2. The van der Waals surface area contributed by atoms with Crippen molar-refractivity contribution in [3.63, 3.8) is 0 Å². The van der Waals surface area contributed by atoms with Gasteiger partial charge in [-0.05, 0) is 55.2 Å². The van der Waals surface area contributed by atoms with Crippen LogP contribution in [0.15, 0.2) is 77.7 Å².